The molecule has 0 saturated heterocycles. The van der Waals surface area contributed by atoms with E-state index in [0.29, 0.717) is 28.3 Å². The molecule has 3 aromatic rings. The molecular formula is C23H22N4O3. The third-order valence-electron chi connectivity index (χ3n) is 5.01. The van der Waals surface area contributed by atoms with Crippen LogP contribution >= 0.6 is 0 Å². The van der Waals surface area contributed by atoms with Gasteiger partial charge in [-0.2, -0.15) is 0 Å². The van der Waals surface area contributed by atoms with Crippen LogP contribution in [0.15, 0.2) is 59.4 Å². The van der Waals surface area contributed by atoms with Crippen LogP contribution in [-0.2, 0) is 18.4 Å². The van der Waals surface area contributed by atoms with E-state index in [1.807, 2.05) is 6.07 Å². The van der Waals surface area contributed by atoms with E-state index in [4.69, 9.17) is 0 Å². The Kier molecular flexibility index (Phi) is 5.43. The lowest BCUT2D eigenvalue weighted by Crippen LogP contribution is -2.28. The van der Waals surface area contributed by atoms with Crippen molar-refractivity contribution < 1.29 is 9.59 Å². The van der Waals surface area contributed by atoms with Crippen molar-refractivity contribution in [3.05, 3.63) is 81.9 Å². The third kappa shape index (κ3) is 4.46. The highest BCUT2D eigenvalue weighted by atomic mass is 16.2. The minimum atomic E-state index is -0.298. The van der Waals surface area contributed by atoms with Crippen LogP contribution in [0.2, 0.25) is 0 Å². The molecule has 7 nitrogen and oxygen atoms in total. The highest BCUT2D eigenvalue weighted by Gasteiger charge is 2.23. The zero-order valence-electron chi connectivity index (χ0n) is 16.6. The number of nitrogens with zero attached hydrogens (tertiary/aromatic N) is 2. The number of fused-ring (bicyclic) bond motifs is 1. The minimum Gasteiger partial charge on any atom is -0.349 e. The van der Waals surface area contributed by atoms with Gasteiger partial charge in [0.05, 0.1) is 17.4 Å². The second-order valence-electron chi connectivity index (χ2n) is 7.33. The fraction of sp³-hybridized carbons (Fsp3) is 0.217. The third-order valence-corrected chi connectivity index (χ3v) is 5.01. The molecule has 152 valence electrons. The highest BCUT2D eigenvalue weighted by Crippen LogP contribution is 2.19. The fourth-order valence-corrected chi connectivity index (χ4v) is 3.06. The maximum Gasteiger partial charge on any atom is 0.261 e. The highest BCUT2D eigenvalue weighted by molar-refractivity contribution is 5.95. The second-order valence-corrected chi connectivity index (χ2v) is 7.33. The van der Waals surface area contributed by atoms with Gasteiger partial charge >= 0.3 is 0 Å². The average Bonchev–Trinajstić information content (AvgIpc) is 3.58. The molecule has 0 spiro atoms. The summed E-state index contributed by atoms with van der Waals surface area (Å²) in [6.07, 6.45) is 5.18. The van der Waals surface area contributed by atoms with E-state index >= 15 is 0 Å². The summed E-state index contributed by atoms with van der Waals surface area (Å²) in [4.78, 5) is 41.1. The number of hydrogen-bond donors (Lipinski definition) is 2. The SMILES string of the molecule is Cn1c(CNC(=O)C=Cc2ccc(C(=O)NC3CC3)cc2)nc2ccccc2c1=O. The van der Waals surface area contributed by atoms with Crippen molar-refractivity contribution in [2.45, 2.75) is 25.4 Å². The van der Waals surface area contributed by atoms with E-state index in [0.717, 1.165) is 18.4 Å². The van der Waals surface area contributed by atoms with Gasteiger partial charge in [-0.15, -0.1) is 0 Å². The molecule has 4 rings (SSSR count). The first kappa shape index (κ1) is 19.6. The molecule has 0 unspecified atom stereocenters. The summed E-state index contributed by atoms with van der Waals surface area (Å²) in [5.41, 5.74) is 1.87. The second kappa shape index (κ2) is 8.32. The van der Waals surface area contributed by atoms with Crippen molar-refractivity contribution in [3.8, 4) is 0 Å². The van der Waals surface area contributed by atoms with Gasteiger partial charge in [0.15, 0.2) is 0 Å². The molecule has 0 bridgehead atoms. The Morgan fingerprint density at radius 2 is 1.87 bits per heavy atom. The van der Waals surface area contributed by atoms with Gasteiger partial charge in [0.2, 0.25) is 5.91 Å². The zero-order valence-corrected chi connectivity index (χ0v) is 16.6. The van der Waals surface area contributed by atoms with Crippen molar-refractivity contribution in [1.82, 2.24) is 20.2 Å². The molecule has 1 fully saturated rings. The van der Waals surface area contributed by atoms with Gasteiger partial charge in [-0.3, -0.25) is 19.0 Å². The molecule has 0 radical (unpaired) electrons. The number of rotatable bonds is 6. The van der Waals surface area contributed by atoms with Gasteiger partial charge in [0.1, 0.15) is 5.82 Å². The van der Waals surface area contributed by atoms with Crippen LogP contribution in [0.1, 0.15) is 34.6 Å². The Morgan fingerprint density at radius 3 is 2.60 bits per heavy atom. The molecule has 2 aromatic carbocycles. The normalized spacial score (nSPS) is 13.5. The molecule has 1 saturated carbocycles. The van der Waals surface area contributed by atoms with Crippen molar-refractivity contribution in [3.63, 3.8) is 0 Å². The van der Waals surface area contributed by atoms with E-state index in [2.05, 4.69) is 15.6 Å². The van der Waals surface area contributed by atoms with Crippen molar-refractivity contribution in [2.24, 2.45) is 7.05 Å². The Hall–Kier alpha value is -3.74. The Balaban J connectivity index is 1.37. The van der Waals surface area contributed by atoms with Crippen LogP contribution in [0.3, 0.4) is 0 Å². The molecule has 2 amide bonds. The molecule has 1 aliphatic carbocycles. The van der Waals surface area contributed by atoms with E-state index < -0.39 is 0 Å². The van der Waals surface area contributed by atoms with Gasteiger partial charge in [-0.25, -0.2) is 4.98 Å². The van der Waals surface area contributed by atoms with Gasteiger partial charge < -0.3 is 10.6 Å². The number of para-hydroxylation sites is 1. The predicted octanol–water partition coefficient (Wildman–Crippen LogP) is 2.16. The predicted molar refractivity (Wildman–Crippen MR) is 115 cm³/mol. The van der Waals surface area contributed by atoms with Crippen LogP contribution in [-0.4, -0.2) is 27.4 Å². The summed E-state index contributed by atoms with van der Waals surface area (Å²) in [6.45, 7) is 0.139. The molecule has 0 atom stereocenters. The van der Waals surface area contributed by atoms with E-state index in [-0.39, 0.29) is 23.9 Å². The van der Waals surface area contributed by atoms with E-state index in [1.54, 1.807) is 55.6 Å². The summed E-state index contributed by atoms with van der Waals surface area (Å²) in [6, 6.07) is 14.5. The van der Waals surface area contributed by atoms with Crippen molar-refractivity contribution >= 4 is 28.8 Å². The Labute approximate surface area is 173 Å². The smallest absolute Gasteiger partial charge is 0.261 e. The minimum absolute atomic E-state index is 0.0701. The molecule has 30 heavy (non-hydrogen) atoms. The first-order valence-electron chi connectivity index (χ1n) is 9.83. The molecule has 1 aromatic heterocycles. The number of carbonyl (C=O) groups excluding carboxylic acids is 2. The monoisotopic (exact) mass is 402 g/mol. The number of carbonyl (C=O) groups is 2. The van der Waals surface area contributed by atoms with Gasteiger partial charge in [-0.05, 0) is 48.7 Å². The molecule has 2 N–H and O–H groups in total. The van der Waals surface area contributed by atoms with Gasteiger partial charge in [0.25, 0.3) is 11.5 Å². The summed E-state index contributed by atoms with van der Waals surface area (Å²) >= 11 is 0. The van der Waals surface area contributed by atoms with Crippen molar-refractivity contribution in [1.29, 1.82) is 0 Å². The number of benzene rings is 2. The largest absolute Gasteiger partial charge is 0.349 e. The summed E-state index contributed by atoms with van der Waals surface area (Å²) in [7, 11) is 1.64. The zero-order chi connectivity index (χ0) is 21.1. The Bertz CT molecular complexity index is 1190. The number of aromatic nitrogens is 2. The average molecular weight is 402 g/mol. The van der Waals surface area contributed by atoms with E-state index in [9.17, 15) is 14.4 Å². The summed E-state index contributed by atoms with van der Waals surface area (Å²) in [5.74, 6) is 0.110. The first-order valence-corrected chi connectivity index (χ1v) is 9.83. The van der Waals surface area contributed by atoms with E-state index in [1.165, 1.54) is 10.6 Å². The maximum absolute atomic E-state index is 12.4. The topological polar surface area (TPSA) is 93.1 Å². The summed E-state index contributed by atoms with van der Waals surface area (Å²) < 4.78 is 1.44. The number of nitrogens with one attached hydrogen (secondary N) is 2. The standard InChI is InChI=1S/C23H22N4O3/c1-27-20(26-19-5-3-2-4-18(19)23(27)30)14-24-21(28)13-8-15-6-9-16(10-7-15)22(29)25-17-11-12-17/h2-10,13,17H,11-12,14H2,1H3,(H,24,28)(H,25,29). The summed E-state index contributed by atoms with van der Waals surface area (Å²) in [5, 5.41) is 6.23. The molecule has 1 aliphatic rings. The Morgan fingerprint density at radius 1 is 1.13 bits per heavy atom. The number of hydrogen-bond acceptors (Lipinski definition) is 4. The lowest BCUT2D eigenvalue weighted by molar-refractivity contribution is -0.116. The van der Waals surface area contributed by atoms with Gasteiger partial charge in [0, 0.05) is 24.7 Å². The van der Waals surface area contributed by atoms with Crippen LogP contribution < -0.4 is 16.2 Å². The molecule has 1 heterocycles. The quantitative estimate of drug-likeness (QED) is 0.618. The maximum atomic E-state index is 12.4. The molecular weight excluding hydrogens is 380 g/mol. The lowest BCUT2D eigenvalue weighted by Gasteiger charge is -2.09. The lowest BCUT2D eigenvalue weighted by atomic mass is 10.1. The molecule has 0 aliphatic heterocycles. The van der Waals surface area contributed by atoms with Crippen LogP contribution in [0.5, 0.6) is 0 Å². The first-order chi connectivity index (χ1) is 14.5. The fourth-order valence-electron chi connectivity index (χ4n) is 3.06. The number of amides is 2. The van der Waals surface area contributed by atoms with Crippen molar-refractivity contribution in [2.75, 3.05) is 0 Å². The van der Waals surface area contributed by atoms with Gasteiger partial charge in [-0.1, -0.05) is 24.3 Å². The van der Waals surface area contributed by atoms with Crippen LogP contribution in [0, 0.1) is 0 Å². The van der Waals surface area contributed by atoms with Crippen LogP contribution in [0.4, 0.5) is 0 Å². The molecule has 7 heteroatoms. The van der Waals surface area contributed by atoms with Crippen LogP contribution in [0.25, 0.3) is 17.0 Å².